The van der Waals surface area contributed by atoms with Crippen molar-refractivity contribution in [2.45, 2.75) is 26.9 Å². The summed E-state index contributed by atoms with van der Waals surface area (Å²) in [5.74, 6) is 0. The molecule has 1 atom stereocenters. The van der Waals surface area contributed by atoms with Gasteiger partial charge in [0.1, 0.15) is 6.10 Å². The van der Waals surface area contributed by atoms with E-state index < -0.39 is 6.10 Å². The van der Waals surface area contributed by atoms with Crippen molar-refractivity contribution in [2.75, 3.05) is 0 Å². The highest BCUT2D eigenvalue weighted by atomic mass is 79.9. The molecule has 0 fully saturated rings. The molecule has 0 heterocycles. The zero-order chi connectivity index (χ0) is 14.2. The number of benzene rings is 2. The summed E-state index contributed by atoms with van der Waals surface area (Å²) in [5, 5.41) is 11.2. The van der Waals surface area contributed by atoms with Gasteiger partial charge in [-0.3, -0.25) is 0 Å². The van der Waals surface area contributed by atoms with E-state index in [1.54, 1.807) is 6.07 Å². The molecule has 1 N–H and O–H groups in total. The van der Waals surface area contributed by atoms with Gasteiger partial charge in [0.2, 0.25) is 0 Å². The van der Waals surface area contributed by atoms with Crippen molar-refractivity contribution in [1.29, 1.82) is 0 Å². The Labute approximate surface area is 127 Å². The zero-order valence-corrected chi connectivity index (χ0v) is 13.5. The van der Waals surface area contributed by atoms with Gasteiger partial charge in [-0.1, -0.05) is 35.4 Å². The van der Waals surface area contributed by atoms with Crippen molar-refractivity contribution in [2.24, 2.45) is 0 Å². The minimum atomic E-state index is -0.630. The first-order valence-electron chi connectivity index (χ1n) is 6.11. The molecule has 2 aromatic rings. The summed E-state index contributed by atoms with van der Waals surface area (Å²) in [6.45, 7) is 6.13. The van der Waals surface area contributed by atoms with E-state index >= 15 is 0 Å². The monoisotopic (exact) mass is 338 g/mol. The Morgan fingerprint density at radius 3 is 2.16 bits per heavy atom. The molecule has 1 unspecified atom stereocenters. The Balaban J connectivity index is 2.49. The minimum Gasteiger partial charge on any atom is -0.384 e. The molecule has 2 rings (SSSR count). The zero-order valence-electron chi connectivity index (χ0n) is 11.2. The highest BCUT2D eigenvalue weighted by Gasteiger charge is 2.16. The number of hydrogen-bond acceptors (Lipinski definition) is 1. The Morgan fingerprint density at radius 2 is 1.63 bits per heavy atom. The number of halogens is 2. The number of aryl methyl sites for hydroxylation is 3. The molecule has 0 saturated carbocycles. The normalized spacial score (nSPS) is 12.5. The minimum absolute atomic E-state index is 0.630. The molecule has 1 nitrogen and oxygen atoms in total. The summed E-state index contributed by atoms with van der Waals surface area (Å²) in [4.78, 5) is 0. The van der Waals surface area contributed by atoms with Gasteiger partial charge in [-0.2, -0.15) is 0 Å². The van der Waals surface area contributed by atoms with E-state index in [-0.39, 0.29) is 0 Å². The molecular weight excluding hydrogens is 324 g/mol. The van der Waals surface area contributed by atoms with Crippen LogP contribution in [0.5, 0.6) is 0 Å². The molecule has 0 aliphatic rings. The lowest BCUT2D eigenvalue weighted by atomic mass is 9.92. The topological polar surface area (TPSA) is 20.2 Å². The quantitative estimate of drug-likeness (QED) is 0.806. The van der Waals surface area contributed by atoms with Gasteiger partial charge in [-0.05, 0) is 71.1 Å². The largest absolute Gasteiger partial charge is 0.384 e. The van der Waals surface area contributed by atoms with E-state index in [1.807, 2.05) is 26.0 Å². The summed E-state index contributed by atoms with van der Waals surface area (Å²) < 4.78 is 0.799. The van der Waals surface area contributed by atoms with Crippen LogP contribution < -0.4 is 0 Å². The molecule has 0 aromatic heterocycles. The van der Waals surface area contributed by atoms with Crippen molar-refractivity contribution in [1.82, 2.24) is 0 Å². The van der Waals surface area contributed by atoms with Gasteiger partial charge in [0.05, 0.1) is 5.02 Å². The highest BCUT2D eigenvalue weighted by molar-refractivity contribution is 9.10. The second-order valence-corrected chi connectivity index (χ2v) is 6.15. The van der Waals surface area contributed by atoms with Crippen LogP contribution in [0.2, 0.25) is 5.02 Å². The SMILES string of the molecule is Cc1cc(C)c(C(O)c2ccc(Cl)c(Br)c2)c(C)c1. The third kappa shape index (κ3) is 3.02. The fraction of sp³-hybridized carbons (Fsp3) is 0.250. The summed E-state index contributed by atoms with van der Waals surface area (Å²) in [5.41, 5.74) is 5.24. The summed E-state index contributed by atoms with van der Waals surface area (Å²) in [7, 11) is 0. The lowest BCUT2D eigenvalue weighted by Gasteiger charge is -2.18. The van der Waals surface area contributed by atoms with E-state index in [0.29, 0.717) is 5.02 Å². The van der Waals surface area contributed by atoms with Crippen LogP contribution in [0.15, 0.2) is 34.8 Å². The molecule has 19 heavy (non-hydrogen) atoms. The van der Waals surface area contributed by atoms with Crippen molar-refractivity contribution in [3.05, 3.63) is 67.6 Å². The lowest BCUT2D eigenvalue weighted by molar-refractivity contribution is 0.218. The molecular formula is C16H16BrClO. The molecule has 2 aromatic carbocycles. The number of hydrogen-bond donors (Lipinski definition) is 1. The molecule has 0 aliphatic heterocycles. The van der Waals surface area contributed by atoms with Crippen LogP contribution in [-0.2, 0) is 0 Å². The number of rotatable bonds is 2. The molecule has 0 bridgehead atoms. The fourth-order valence-electron chi connectivity index (χ4n) is 2.47. The van der Waals surface area contributed by atoms with E-state index in [9.17, 15) is 5.11 Å². The molecule has 0 amide bonds. The Kier molecular flexibility index (Phi) is 4.34. The summed E-state index contributed by atoms with van der Waals surface area (Å²) >= 11 is 9.38. The fourth-order valence-corrected chi connectivity index (χ4v) is 2.99. The predicted octanol–water partition coefficient (Wildman–Crippen LogP) is 5.11. The first-order chi connectivity index (χ1) is 8.90. The first kappa shape index (κ1) is 14.6. The molecule has 0 spiro atoms. The smallest absolute Gasteiger partial charge is 0.105 e. The van der Waals surface area contributed by atoms with E-state index in [4.69, 9.17) is 11.6 Å². The Morgan fingerprint density at radius 1 is 1.05 bits per heavy atom. The van der Waals surface area contributed by atoms with Crippen molar-refractivity contribution in [3.63, 3.8) is 0 Å². The van der Waals surface area contributed by atoms with Crippen LogP contribution in [0, 0.1) is 20.8 Å². The van der Waals surface area contributed by atoms with Crippen LogP contribution in [0.3, 0.4) is 0 Å². The van der Waals surface area contributed by atoms with Crippen LogP contribution in [0.1, 0.15) is 33.9 Å². The van der Waals surface area contributed by atoms with Crippen molar-refractivity contribution < 1.29 is 5.11 Å². The standard InChI is InChI=1S/C16H16BrClO/c1-9-6-10(2)15(11(3)7-9)16(19)12-4-5-14(18)13(17)8-12/h4-8,16,19H,1-3H3. The molecule has 3 heteroatoms. The second kappa shape index (κ2) is 5.66. The average Bonchev–Trinajstić information content (AvgIpc) is 2.31. The van der Waals surface area contributed by atoms with Crippen LogP contribution in [0.25, 0.3) is 0 Å². The van der Waals surface area contributed by atoms with Gasteiger partial charge >= 0.3 is 0 Å². The average molecular weight is 340 g/mol. The van der Waals surface area contributed by atoms with Crippen molar-refractivity contribution >= 4 is 27.5 Å². The van der Waals surface area contributed by atoms with E-state index in [2.05, 4.69) is 35.0 Å². The molecule has 0 aliphatic carbocycles. The van der Waals surface area contributed by atoms with Gasteiger partial charge < -0.3 is 5.11 Å². The van der Waals surface area contributed by atoms with Gasteiger partial charge in [-0.15, -0.1) is 0 Å². The second-order valence-electron chi connectivity index (χ2n) is 4.89. The Hall–Kier alpha value is -0.830. The van der Waals surface area contributed by atoms with E-state index in [1.165, 1.54) is 5.56 Å². The molecule has 100 valence electrons. The maximum Gasteiger partial charge on any atom is 0.105 e. The van der Waals surface area contributed by atoms with Gasteiger partial charge in [0, 0.05) is 4.47 Å². The maximum absolute atomic E-state index is 10.6. The van der Waals surface area contributed by atoms with Gasteiger partial charge in [0.15, 0.2) is 0 Å². The van der Waals surface area contributed by atoms with Crippen molar-refractivity contribution in [3.8, 4) is 0 Å². The predicted molar refractivity (Wildman–Crippen MR) is 83.9 cm³/mol. The molecule has 0 radical (unpaired) electrons. The van der Waals surface area contributed by atoms with Gasteiger partial charge in [-0.25, -0.2) is 0 Å². The van der Waals surface area contributed by atoms with E-state index in [0.717, 1.165) is 26.7 Å². The Bertz CT molecular complexity index is 599. The van der Waals surface area contributed by atoms with Crippen LogP contribution in [-0.4, -0.2) is 5.11 Å². The lowest BCUT2D eigenvalue weighted by Crippen LogP contribution is -2.05. The summed E-state index contributed by atoms with van der Waals surface area (Å²) in [6.07, 6.45) is -0.630. The third-order valence-corrected chi connectivity index (χ3v) is 4.48. The number of aliphatic hydroxyl groups excluding tert-OH is 1. The van der Waals surface area contributed by atoms with Crippen LogP contribution in [0.4, 0.5) is 0 Å². The van der Waals surface area contributed by atoms with Crippen LogP contribution >= 0.6 is 27.5 Å². The number of aliphatic hydroxyl groups is 1. The first-order valence-corrected chi connectivity index (χ1v) is 7.28. The summed E-state index contributed by atoms with van der Waals surface area (Å²) in [6, 6.07) is 9.71. The maximum atomic E-state index is 10.6. The molecule has 0 saturated heterocycles. The van der Waals surface area contributed by atoms with Gasteiger partial charge in [0.25, 0.3) is 0 Å². The third-order valence-electron chi connectivity index (χ3n) is 3.27. The highest BCUT2D eigenvalue weighted by Crippen LogP contribution is 2.32.